The van der Waals surface area contributed by atoms with Crippen LogP contribution in [-0.4, -0.2) is 53.5 Å². The predicted molar refractivity (Wildman–Crippen MR) is 97.7 cm³/mol. The van der Waals surface area contributed by atoms with Gasteiger partial charge in [0.15, 0.2) is 16.6 Å². The Balaban J connectivity index is 4.38. The summed E-state index contributed by atoms with van der Waals surface area (Å²) in [5.74, 6) is -1.18. The van der Waals surface area contributed by atoms with E-state index < -0.39 is 28.6 Å². The largest absolute Gasteiger partial charge is 0.461 e. The van der Waals surface area contributed by atoms with Gasteiger partial charge in [-0.25, -0.2) is 0 Å². The summed E-state index contributed by atoms with van der Waals surface area (Å²) in [5.41, 5.74) is 3.95. The van der Waals surface area contributed by atoms with Crippen molar-refractivity contribution in [2.45, 2.75) is 26.2 Å². The molecule has 0 unspecified atom stereocenters. The van der Waals surface area contributed by atoms with Gasteiger partial charge in [-0.15, -0.1) is 23.2 Å². The molecule has 0 bridgehead atoms. The Kier molecular flexibility index (Phi) is 10.7. The van der Waals surface area contributed by atoms with Gasteiger partial charge in [0, 0.05) is 0 Å². The van der Waals surface area contributed by atoms with Gasteiger partial charge in [0.1, 0.15) is 25.0 Å². The smallest absolute Gasteiger partial charge is 0.321 e. The van der Waals surface area contributed by atoms with Crippen molar-refractivity contribution in [3.63, 3.8) is 0 Å². The highest BCUT2D eigenvalue weighted by Crippen LogP contribution is 2.16. The lowest BCUT2D eigenvalue weighted by Crippen LogP contribution is -2.42. The third-order valence-corrected chi connectivity index (χ3v) is 9.19. The van der Waals surface area contributed by atoms with Gasteiger partial charge in [-0.1, -0.05) is 23.6 Å². The second-order valence-electron chi connectivity index (χ2n) is 5.75. The van der Waals surface area contributed by atoms with Crippen molar-refractivity contribution in [3.05, 3.63) is 23.6 Å². The average Bonchev–Trinajstić information content (AvgIpc) is 2.46. The van der Waals surface area contributed by atoms with Crippen molar-refractivity contribution >= 4 is 51.8 Å². The molecule has 0 heterocycles. The Morgan fingerprint density at radius 3 is 1.48 bits per heavy atom. The monoisotopic (exact) mass is 398 g/mol. The molecule has 0 aromatic rings. The van der Waals surface area contributed by atoms with E-state index in [1.165, 1.54) is 0 Å². The van der Waals surface area contributed by atoms with Gasteiger partial charge in [-0.2, -0.15) is 0 Å². The molecule has 0 aromatic carbocycles. The minimum absolute atomic E-state index is 0.149. The topological polar surface area (TPSA) is 61.8 Å². The Morgan fingerprint density at radius 2 is 1.17 bits per heavy atom. The summed E-state index contributed by atoms with van der Waals surface area (Å²) < 4.78 is 16.0. The second-order valence-corrected chi connectivity index (χ2v) is 14.2. The van der Waals surface area contributed by atoms with E-state index in [0.717, 1.165) is 0 Å². The molecule has 0 saturated carbocycles. The van der Waals surface area contributed by atoms with E-state index >= 15 is 0 Å². The van der Waals surface area contributed by atoms with Gasteiger partial charge in [0.05, 0.1) is 0 Å². The number of ether oxygens (including phenoxy) is 2. The third kappa shape index (κ3) is 12.5. The Bertz CT molecular complexity index is 410. The van der Waals surface area contributed by atoms with Crippen LogP contribution in [0.1, 0.15) is 0 Å². The van der Waals surface area contributed by atoms with Crippen LogP contribution in [0.5, 0.6) is 0 Å². The number of esters is 2. The Hall–Kier alpha value is -0.606. The predicted octanol–water partition coefficient (Wildman–Crippen LogP) is 3.17. The highest BCUT2D eigenvalue weighted by Gasteiger charge is 2.29. The summed E-state index contributed by atoms with van der Waals surface area (Å²) in [6, 6.07) is 0. The van der Waals surface area contributed by atoms with Gasteiger partial charge in [0.25, 0.3) is 0 Å². The lowest BCUT2D eigenvalue weighted by molar-refractivity contribution is -0.140. The number of carbonyl (C=O) groups excluding carboxylic acids is 2. The molecule has 0 aliphatic rings. The number of alkyl halides is 2. The van der Waals surface area contributed by atoms with Crippen molar-refractivity contribution in [3.8, 4) is 0 Å². The minimum Gasteiger partial charge on any atom is -0.461 e. The van der Waals surface area contributed by atoms with E-state index in [-0.39, 0.29) is 25.0 Å². The SMILES string of the molecule is C[Si](C)(C=CCOC(=O)CCl)O[Si](C)(C)C=CCOC(=O)CCl. The van der Waals surface area contributed by atoms with E-state index in [0.29, 0.717) is 0 Å². The van der Waals surface area contributed by atoms with Crippen molar-refractivity contribution < 1.29 is 23.2 Å². The summed E-state index contributed by atoms with van der Waals surface area (Å²) in [6.07, 6.45) is 3.57. The normalized spacial score (nSPS) is 12.8. The van der Waals surface area contributed by atoms with Crippen LogP contribution in [0.2, 0.25) is 26.2 Å². The maximum atomic E-state index is 10.9. The van der Waals surface area contributed by atoms with E-state index in [1.54, 1.807) is 12.2 Å². The highest BCUT2D eigenvalue weighted by molar-refractivity contribution is 6.89. The lowest BCUT2D eigenvalue weighted by atomic mass is 10.7. The summed E-state index contributed by atoms with van der Waals surface area (Å²) in [6.45, 7) is 8.62. The molecule has 0 aliphatic carbocycles. The van der Waals surface area contributed by atoms with Gasteiger partial charge in [0.2, 0.25) is 0 Å². The van der Waals surface area contributed by atoms with Crippen molar-refractivity contribution in [1.82, 2.24) is 0 Å². The molecule has 0 rings (SSSR count). The molecule has 0 aromatic heterocycles. The lowest BCUT2D eigenvalue weighted by Gasteiger charge is -2.29. The average molecular weight is 399 g/mol. The van der Waals surface area contributed by atoms with E-state index in [2.05, 4.69) is 26.2 Å². The fourth-order valence-corrected chi connectivity index (χ4v) is 9.22. The van der Waals surface area contributed by atoms with Crippen molar-refractivity contribution in [2.24, 2.45) is 0 Å². The van der Waals surface area contributed by atoms with Gasteiger partial charge in [-0.3, -0.25) is 9.59 Å². The first kappa shape index (κ1) is 22.4. The molecule has 0 atom stereocenters. The molecule has 132 valence electrons. The molecule has 0 amide bonds. The zero-order valence-electron chi connectivity index (χ0n) is 13.9. The number of hydrogen-bond donors (Lipinski definition) is 0. The van der Waals surface area contributed by atoms with Gasteiger partial charge >= 0.3 is 11.9 Å². The quantitative estimate of drug-likeness (QED) is 0.321. The molecule has 0 fully saturated rings. The Labute approximate surface area is 149 Å². The van der Waals surface area contributed by atoms with E-state index in [4.69, 9.17) is 36.8 Å². The zero-order chi connectivity index (χ0) is 17.9. The van der Waals surface area contributed by atoms with Crippen LogP contribution in [0.3, 0.4) is 0 Å². The number of rotatable bonds is 10. The molecule has 0 saturated heterocycles. The minimum atomic E-state index is -2.03. The number of carbonyl (C=O) groups is 2. The highest BCUT2D eigenvalue weighted by atomic mass is 35.5. The maximum absolute atomic E-state index is 10.9. The van der Waals surface area contributed by atoms with E-state index in [9.17, 15) is 9.59 Å². The van der Waals surface area contributed by atoms with Crippen LogP contribution in [0, 0.1) is 0 Å². The summed E-state index contributed by atoms with van der Waals surface area (Å²) in [7, 11) is -4.07. The van der Waals surface area contributed by atoms with Crippen LogP contribution in [0.25, 0.3) is 0 Å². The summed E-state index contributed by atoms with van der Waals surface area (Å²) >= 11 is 10.7. The molecule has 0 spiro atoms. The van der Waals surface area contributed by atoms with Crippen LogP contribution in [0.4, 0.5) is 0 Å². The summed E-state index contributed by atoms with van der Waals surface area (Å²) in [4.78, 5) is 21.9. The fraction of sp³-hybridized carbons (Fsp3) is 0.571. The van der Waals surface area contributed by atoms with Crippen LogP contribution >= 0.6 is 23.2 Å². The first-order chi connectivity index (χ1) is 10.6. The molecule has 23 heavy (non-hydrogen) atoms. The second kappa shape index (κ2) is 11.0. The van der Waals surface area contributed by atoms with Gasteiger partial charge in [-0.05, 0) is 26.2 Å². The standard InChI is InChI=1S/C14H24Cl2O5Si2/c1-22(2,9-5-7-19-13(17)11-15)21-23(3,4)10-6-8-20-14(18)12-16/h5-6,9-10H,7-8,11-12H2,1-4H3. The third-order valence-electron chi connectivity index (χ3n) is 2.46. The van der Waals surface area contributed by atoms with Crippen LogP contribution in [-0.2, 0) is 23.2 Å². The molecular weight excluding hydrogens is 375 g/mol. The summed E-state index contributed by atoms with van der Waals surface area (Å²) in [5, 5.41) is 0. The zero-order valence-corrected chi connectivity index (χ0v) is 17.4. The first-order valence-electron chi connectivity index (χ1n) is 7.10. The Morgan fingerprint density at radius 1 is 0.826 bits per heavy atom. The maximum Gasteiger partial charge on any atom is 0.321 e. The van der Waals surface area contributed by atoms with Crippen LogP contribution < -0.4 is 0 Å². The van der Waals surface area contributed by atoms with E-state index in [1.807, 2.05) is 11.4 Å². The number of halogens is 2. The first-order valence-corrected chi connectivity index (χ1v) is 14.1. The molecule has 5 nitrogen and oxygen atoms in total. The van der Waals surface area contributed by atoms with Crippen molar-refractivity contribution in [2.75, 3.05) is 25.0 Å². The molecule has 9 heteroatoms. The van der Waals surface area contributed by atoms with Gasteiger partial charge < -0.3 is 13.6 Å². The fourth-order valence-electron chi connectivity index (χ4n) is 1.77. The number of hydrogen-bond acceptors (Lipinski definition) is 5. The molecular formula is C14H24Cl2O5Si2. The molecule has 0 N–H and O–H groups in total. The molecule has 0 radical (unpaired) electrons. The van der Waals surface area contributed by atoms with Crippen LogP contribution in [0.15, 0.2) is 23.6 Å². The van der Waals surface area contributed by atoms with Crippen molar-refractivity contribution in [1.29, 1.82) is 0 Å². The molecule has 0 aliphatic heterocycles.